The monoisotopic (exact) mass is 289 g/mol. The predicted octanol–water partition coefficient (Wildman–Crippen LogP) is 1.80. The Morgan fingerprint density at radius 2 is 2.00 bits per heavy atom. The van der Waals surface area contributed by atoms with Gasteiger partial charge in [0, 0.05) is 11.7 Å². The summed E-state index contributed by atoms with van der Waals surface area (Å²) in [5.74, 6) is -0.886. The summed E-state index contributed by atoms with van der Waals surface area (Å²) in [6.45, 7) is 1.71. The molecule has 21 heavy (non-hydrogen) atoms. The lowest BCUT2D eigenvalue weighted by Gasteiger charge is -2.43. The molecule has 0 aliphatic carbocycles. The molecule has 0 radical (unpaired) electrons. The van der Waals surface area contributed by atoms with Crippen molar-refractivity contribution in [3.8, 4) is 0 Å². The van der Waals surface area contributed by atoms with Crippen molar-refractivity contribution >= 4 is 17.7 Å². The molecule has 6 nitrogen and oxygen atoms in total. The van der Waals surface area contributed by atoms with Gasteiger partial charge in [0.1, 0.15) is 0 Å². The highest BCUT2D eigenvalue weighted by Crippen LogP contribution is 2.37. The van der Waals surface area contributed by atoms with Crippen LogP contribution in [0.1, 0.15) is 30.9 Å². The van der Waals surface area contributed by atoms with Gasteiger partial charge in [0.25, 0.3) is 0 Å². The maximum absolute atomic E-state index is 12.4. The van der Waals surface area contributed by atoms with Gasteiger partial charge in [-0.15, -0.1) is 0 Å². The van der Waals surface area contributed by atoms with Gasteiger partial charge < -0.3 is 20.6 Å². The first-order valence-electron chi connectivity index (χ1n) is 7.27. The Kier molecular flexibility index (Phi) is 3.79. The van der Waals surface area contributed by atoms with E-state index in [1.54, 1.807) is 4.90 Å². The minimum Gasteiger partial charge on any atom is -0.481 e. The molecule has 1 aromatic rings. The van der Waals surface area contributed by atoms with Gasteiger partial charge in [0.2, 0.25) is 0 Å². The SMILES string of the molecule is O=C(O)CC1c2ccccc2NC(=O)N1C1CCNCC1. The lowest BCUT2D eigenvalue weighted by atomic mass is 9.94. The molecule has 2 aliphatic rings. The zero-order valence-electron chi connectivity index (χ0n) is 11.7. The molecule has 1 atom stereocenters. The van der Waals surface area contributed by atoms with Crippen LogP contribution in [-0.2, 0) is 4.79 Å². The maximum Gasteiger partial charge on any atom is 0.322 e. The molecule has 2 aliphatic heterocycles. The van der Waals surface area contributed by atoms with E-state index < -0.39 is 12.0 Å². The number of urea groups is 1. The number of carboxylic acids is 1. The van der Waals surface area contributed by atoms with E-state index in [4.69, 9.17) is 0 Å². The largest absolute Gasteiger partial charge is 0.481 e. The molecular formula is C15H19N3O3. The average molecular weight is 289 g/mol. The Morgan fingerprint density at radius 1 is 1.29 bits per heavy atom. The van der Waals surface area contributed by atoms with Gasteiger partial charge >= 0.3 is 12.0 Å². The molecule has 112 valence electrons. The van der Waals surface area contributed by atoms with E-state index in [1.165, 1.54) is 0 Å². The van der Waals surface area contributed by atoms with E-state index >= 15 is 0 Å². The van der Waals surface area contributed by atoms with Crippen LogP contribution in [0, 0.1) is 0 Å². The number of hydrogen-bond acceptors (Lipinski definition) is 3. The number of nitrogens with one attached hydrogen (secondary N) is 2. The quantitative estimate of drug-likeness (QED) is 0.792. The Bertz CT molecular complexity index is 555. The van der Waals surface area contributed by atoms with E-state index in [0.717, 1.165) is 37.2 Å². The van der Waals surface area contributed by atoms with Gasteiger partial charge in [-0.2, -0.15) is 0 Å². The fraction of sp³-hybridized carbons (Fsp3) is 0.467. The van der Waals surface area contributed by atoms with Crippen LogP contribution in [0.5, 0.6) is 0 Å². The number of para-hydroxylation sites is 1. The first-order valence-corrected chi connectivity index (χ1v) is 7.27. The zero-order valence-corrected chi connectivity index (χ0v) is 11.7. The van der Waals surface area contributed by atoms with E-state index in [0.29, 0.717) is 0 Å². The number of carboxylic acid groups (broad SMARTS) is 1. The Hall–Kier alpha value is -2.08. The molecule has 0 spiro atoms. The van der Waals surface area contributed by atoms with Crippen molar-refractivity contribution in [2.24, 2.45) is 0 Å². The van der Waals surface area contributed by atoms with Crippen LogP contribution in [0.4, 0.5) is 10.5 Å². The zero-order chi connectivity index (χ0) is 14.8. The second-order valence-electron chi connectivity index (χ2n) is 5.52. The van der Waals surface area contributed by atoms with Crippen molar-refractivity contribution in [1.82, 2.24) is 10.2 Å². The Balaban J connectivity index is 1.96. The third-order valence-corrected chi connectivity index (χ3v) is 4.20. The highest BCUT2D eigenvalue weighted by Gasteiger charge is 2.38. The molecule has 1 saturated heterocycles. The first kappa shape index (κ1) is 13.9. The molecule has 0 bridgehead atoms. The number of fused-ring (bicyclic) bond motifs is 1. The van der Waals surface area contributed by atoms with Gasteiger partial charge in [-0.3, -0.25) is 4.79 Å². The number of carbonyl (C=O) groups is 2. The first-order chi connectivity index (χ1) is 10.2. The lowest BCUT2D eigenvalue weighted by molar-refractivity contribution is -0.138. The maximum atomic E-state index is 12.4. The number of anilines is 1. The summed E-state index contributed by atoms with van der Waals surface area (Å²) in [6.07, 6.45) is 1.64. The normalized spacial score (nSPS) is 22.6. The average Bonchev–Trinajstić information content (AvgIpc) is 2.47. The number of amides is 2. The minimum atomic E-state index is -0.886. The summed E-state index contributed by atoms with van der Waals surface area (Å²) in [5, 5.41) is 15.4. The fourth-order valence-corrected chi connectivity index (χ4v) is 3.25. The molecule has 1 aromatic carbocycles. The summed E-state index contributed by atoms with van der Waals surface area (Å²) in [5.41, 5.74) is 1.61. The van der Waals surface area contributed by atoms with Crippen molar-refractivity contribution in [2.45, 2.75) is 31.3 Å². The molecule has 2 heterocycles. The van der Waals surface area contributed by atoms with Crippen molar-refractivity contribution in [3.63, 3.8) is 0 Å². The third-order valence-electron chi connectivity index (χ3n) is 4.20. The van der Waals surface area contributed by atoms with Gasteiger partial charge in [-0.25, -0.2) is 4.79 Å². The van der Waals surface area contributed by atoms with Crippen molar-refractivity contribution < 1.29 is 14.7 Å². The Morgan fingerprint density at radius 3 is 2.71 bits per heavy atom. The van der Waals surface area contributed by atoms with Crippen LogP contribution in [0.25, 0.3) is 0 Å². The van der Waals surface area contributed by atoms with E-state index in [1.807, 2.05) is 24.3 Å². The van der Waals surface area contributed by atoms with Crippen LogP contribution in [0.2, 0.25) is 0 Å². The van der Waals surface area contributed by atoms with Gasteiger partial charge in [0.15, 0.2) is 0 Å². The van der Waals surface area contributed by atoms with Gasteiger partial charge in [0.05, 0.1) is 12.5 Å². The molecule has 2 amide bonds. The molecule has 3 rings (SSSR count). The number of carbonyl (C=O) groups excluding carboxylic acids is 1. The molecular weight excluding hydrogens is 270 g/mol. The molecule has 0 saturated carbocycles. The number of nitrogens with zero attached hydrogens (tertiary/aromatic N) is 1. The standard InChI is InChI=1S/C15H19N3O3/c19-14(20)9-13-11-3-1-2-4-12(11)17-15(21)18(13)10-5-7-16-8-6-10/h1-4,10,13,16H,5-9H2,(H,17,21)(H,19,20). The minimum absolute atomic E-state index is 0.0611. The highest BCUT2D eigenvalue weighted by molar-refractivity contribution is 5.93. The predicted molar refractivity (Wildman–Crippen MR) is 78.2 cm³/mol. The topological polar surface area (TPSA) is 81.7 Å². The van der Waals surface area contributed by atoms with Crippen LogP contribution < -0.4 is 10.6 Å². The van der Waals surface area contributed by atoms with Crippen LogP contribution in [0.15, 0.2) is 24.3 Å². The molecule has 0 aromatic heterocycles. The summed E-state index contributed by atoms with van der Waals surface area (Å²) in [7, 11) is 0. The second-order valence-corrected chi connectivity index (χ2v) is 5.52. The van der Waals surface area contributed by atoms with Crippen molar-refractivity contribution in [2.75, 3.05) is 18.4 Å². The third kappa shape index (κ3) is 2.71. The van der Waals surface area contributed by atoms with E-state index in [2.05, 4.69) is 10.6 Å². The number of piperidine rings is 1. The van der Waals surface area contributed by atoms with Crippen molar-refractivity contribution in [1.29, 1.82) is 0 Å². The van der Waals surface area contributed by atoms with E-state index in [9.17, 15) is 14.7 Å². The molecule has 6 heteroatoms. The smallest absolute Gasteiger partial charge is 0.322 e. The summed E-state index contributed by atoms with van der Waals surface area (Å²) >= 11 is 0. The fourth-order valence-electron chi connectivity index (χ4n) is 3.25. The number of aliphatic carboxylic acids is 1. The Labute approximate surface area is 123 Å². The van der Waals surface area contributed by atoms with Crippen molar-refractivity contribution in [3.05, 3.63) is 29.8 Å². The summed E-state index contributed by atoms with van der Waals surface area (Å²) in [6, 6.07) is 6.95. The van der Waals surface area contributed by atoms with Crippen LogP contribution in [-0.4, -0.2) is 41.1 Å². The molecule has 3 N–H and O–H groups in total. The van der Waals surface area contributed by atoms with Gasteiger partial charge in [-0.05, 0) is 37.6 Å². The highest BCUT2D eigenvalue weighted by atomic mass is 16.4. The molecule has 1 fully saturated rings. The summed E-state index contributed by atoms with van der Waals surface area (Å²) < 4.78 is 0. The lowest BCUT2D eigenvalue weighted by Crippen LogP contribution is -2.52. The second kappa shape index (κ2) is 5.73. The molecule has 1 unspecified atom stereocenters. The van der Waals surface area contributed by atoms with Gasteiger partial charge in [-0.1, -0.05) is 18.2 Å². The number of rotatable bonds is 3. The van der Waals surface area contributed by atoms with E-state index in [-0.39, 0.29) is 18.5 Å². The number of hydrogen-bond donors (Lipinski definition) is 3. The summed E-state index contributed by atoms with van der Waals surface area (Å²) in [4.78, 5) is 25.4. The van der Waals surface area contributed by atoms with Crippen LogP contribution in [0.3, 0.4) is 0 Å². The number of benzene rings is 1. The van der Waals surface area contributed by atoms with Crippen LogP contribution >= 0.6 is 0 Å².